The number of methoxy groups -OCH3 is 1. The molecule has 0 radical (unpaired) electrons. The average Bonchev–Trinajstić information content (AvgIpc) is 3.10. The van der Waals surface area contributed by atoms with E-state index in [9.17, 15) is 9.59 Å². The zero-order chi connectivity index (χ0) is 19.8. The number of fused-ring (bicyclic) bond motifs is 3. The molecule has 1 amide bonds. The molecule has 1 aliphatic heterocycles. The molecule has 0 aliphatic carbocycles. The van der Waals surface area contributed by atoms with E-state index in [1.54, 1.807) is 12.1 Å². The van der Waals surface area contributed by atoms with Crippen molar-refractivity contribution in [3.05, 3.63) is 70.9 Å². The minimum absolute atomic E-state index is 0.00300. The number of carbonyl (C=O) groups excluding carboxylic acids is 2. The standard InChI is InChI=1S/C22H21ClN2O3/c1-13-11-17-16-5-3-4-6-18(16)24-20(17)21(25(13)19(26)12-23)14-7-9-15(10-8-14)22(27)28-2/h3-10,13,21,24H,11-12H2,1-2H3/t13-,21-/m0/s1. The minimum atomic E-state index is -0.386. The number of para-hydroxylation sites is 1. The Morgan fingerprint density at radius 2 is 1.89 bits per heavy atom. The Hall–Kier alpha value is -2.79. The summed E-state index contributed by atoms with van der Waals surface area (Å²) in [4.78, 5) is 29.9. The number of rotatable bonds is 3. The lowest BCUT2D eigenvalue weighted by Gasteiger charge is -2.40. The summed E-state index contributed by atoms with van der Waals surface area (Å²) < 4.78 is 4.78. The molecule has 1 aromatic heterocycles. The smallest absolute Gasteiger partial charge is 0.337 e. The van der Waals surface area contributed by atoms with Gasteiger partial charge < -0.3 is 14.6 Å². The second kappa shape index (κ2) is 7.32. The molecule has 28 heavy (non-hydrogen) atoms. The SMILES string of the molecule is COC(=O)c1ccc([C@H]2c3[nH]c4ccccc4c3C[C@H](C)N2C(=O)CCl)cc1. The number of ether oxygens (including phenoxy) is 1. The van der Waals surface area contributed by atoms with Crippen LogP contribution in [0.3, 0.4) is 0 Å². The first-order valence-electron chi connectivity index (χ1n) is 9.20. The summed E-state index contributed by atoms with van der Waals surface area (Å²) in [5.41, 5.74) is 4.68. The molecule has 0 saturated carbocycles. The number of carbonyl (C=O) groups is 2. The van der Waals surface area contributed by atoms with Crippen LogP contribution in [-0.4, -0.2) is 40.8 Å². The maximum atomic E-state index is 12.7. The molecule has 4 rings (SSSR count). The summed E-state index contributed by atoms with van der Waals surface area (Å²) in [5.74, 6) is -0.569. The van der Waals surface area contributed by atoms with Crippen molar-refractivity contribution in [1.29, 1.82) is 0 Å². The highest BCUT2D eigenvalue weighted by atomic mass is 35.5. The van der Waals surface area contributed by atoms with Crippen LogP contribution in [0, 0.1) is 0 Å². The van der Waals surface area contributed by atoms with E-state index in [1.807, 2.05) is 42.2 Å². The second-order valence-corrected chi connectivity index (χ2v) is 7.33. The first kappa shape index (κ1) is 18.6. The Labute approximate surface area is 168 Å². The fourth-order valence-electron chi connectivity index (χ4n) is 4.17. The third-order valence-corrected chi connectivity index (χ3v) is 5.65. The van der Waals surface area contributed by atoms with Crippen LogP contribution in [0.15, 0.2) is 48.5 Å². The fourth-order valence-corrected chi connectivity index (χ4v) is 4.30. The normalized spacial score (nSPS) is 18.8. The molecule has 2 atom stereocenters. The molecular formula is C22H21ClN2O3. The van der Waals surface area contributed by atoms with Gasteiger partial charge in [0.15, 0.2) is 0 Å². The molecule has 0 bridgehead atoms. The predicted octanol–water partition coefficient (Wildman–Crippen LogP) is 4.06. The molecular weight excluding hydrogens is 376 g/mol. The Kier molecular flexibility index (Phi) is 4.85. The molecule has 1 aliphatic rings. The molecule has 3 aromatic rings. The number of nitrogens with zero attached hydrogens (tertiary/aromatic N) is 1. The molecule has 0 saturated heterocycles. The number of hydrogen-bond donors (Lipinski definition) is 1. The fraction of sp³-hybridized carbons (Fsp3) is 0.273. The highest BCUT2D eigenvalue weighted by Gasteiger charge is 2.38. The Bertz CT molecular complexity index is 1040. The number of amides is 1. The van der Waals surface area contributed by atoms with Gasteiger partial charge in [-0.05, 0) is 42.7 Å². The van der Waals surface area contributed by atoms with Crippen LogP contribution in [0.25, 0.3) is 10.9 Å². The molecule has 144 valence electrons. The lowest BCUT2D eigenvalue weighted by molar-refractivity contribution is -0.133. The van der Waals surface area contributed by atoms with Gasteiger partial charge in [0, 0.05) is 22.6 Å². The zero-order valence-corrected chi connectivity index (χ0v) is 16.5. The van der Waals surface area contributed by atoms with Crippen molar-refractivity contribution in [2.45, 2.75) is 25.4 Å². The van der Waals surface area contributed by atoms with Gasteiger partial charge in [0.25, 0.3) is 0 Å². The van der Waals surface area contributed by atoms with Crippen molar-refractivity contribution < 1.29 is 14.3 Å². The van der Waals surface area contributed by atoms with Crippen LogP contribution in [-0.2, 0) is 16.0 Å². The van der Waals surface area contributed by atoms with E-state index < -0.39 is 0 Å². The van der Waals surface area contributed by atoms with Crippen LogP contribution >= 0.6 is 11.6 Å². The lowest BCUT2D eigenvalue weighted by Crippen LogP contribution is -2.46. The number of aromatic amines is 1. The van der Waals surface area contributed by atoms with E-state index in [2.05, 4.69) is 11.1 Å². The molecule has 5 nitrogen and oxygen atoms in total. The third-order valence-electron chi connectivity index (χ3n) is 5.42. The molecule has 0 unspecified atom stereocenters. The molecule has 6 heteroatoms. The van der Waals surface area contributed by atoms with Gasteiger partial charge >= 0.3 is 5.97 Å². The van der Waals surface area contributed by atoms with E-state index in [0.717, 1.165) is 23.2 Å². The zero-order valence-electron chi connectivity index (χ0n) is 15.7. The monoisotopic (exact) mass is 396 g/mol. The van der Waals surface area contributed by atoms with E-state index in [4.69, 9.17) is 16.3 Å². The van der Waals surface area contributed by atoms with Crippen molar-refractivity contribution in [1.82, 2.24) is 9.88 Å². The number of benzene rings is 2. The first-order valence-corrected chi connectivity index (χ1v) is 9.73. The first-order chi connectivity index (χ1) is 13.5. The molecule has 2 aromatic carbocycles. The predicted molar refractivity (Wildman–Crippen MR) is 109 cm³/mol. The Morgan fingerprint density at radius 1 is 1.18 bits per heavy atom. The Balaban J connectivity index is 1.88. The number of alkyl halides is 1. The quantitative estimate of drug-likeness (QED) is 0.536. The van der Waals surface area contributed by atoms with Crippen molar-refractivity contribution in [3.63, 3.8) is 0 Å². The van der Waals surface area contributed by atoms with E-state index >= 15 is 0 Å². The van der Waals surface area contributed by atoms with E-state index in [0.29, 0.717) is 5.56 Å². The summed E-state index contributed by atoms with van der Waals surface area (Å²) in [5, 5.41) is 1.18. The molecule has 0 spiro atoms. The summed E-state index contributed by atoms with van der Waals surface area (Å²) in [6.07, 6.45) is 0.763. The number of aromatic nitrogens is 1. The van der Waals surface area contributed by atoms with Crippen molar-refractivity contribution >= 4 is 34.4 Å². The highest BCUT2D eigenvalue weighted by molar-refractivity contribution is 6.27. The van der Waals surface area contributed by atoms with Gasteiger partial charge in [-0.2, -0.15) is 0 Å². The number of nitrogens with one attached hydrogen (secondary N) is 1. The van der Waals surface area contributed by atoms with Gasteiger partial charge in [0.2, 0.25) is 5.91 Å². The summed E-state index contributed by atoms with van der Waals surface area (Å²) in [6, 6.07) is 15.1. The van der Waals surface area contributed by atoms with Gasteiger partial charge in [-0.15, -0.1) is 11.6 Å². The van der Waals surface area contributed by atoms with Crippen molar-refractivity contribution in [3.8, 4) is 0 Å². The lowest BCUT2D eigenvalue weighted by atomic mass is 9.88. The summed E-state index contributed by atoms with van der Waals surface area (Å²) >= 11 is 5.93. The number of esters is 1. The van der Waals surface area contributed by atoms with Gasteiger partial charge in [-0.1, -0.05) is 30.3 Å². The number of H-pyrrole nitrogens is 1. The maximum Gasteiger partial charge on any atom is 0.337 e. The molecule has 0 fully saturated rings. The number of halogens is 1. The minimum Gasteiger partial charge on any atom is -0.465 e. The highest BCUT2D eigenvalue weighted by Crippen LogP contribution is 2.40. The van der Waals surface area contributed by atoms with Crippen LogP contribution < -0.4 is 0 Å². The topological polar surface area (TPSA) is 62.4 Å². The van der Waals surface area contributed by atoms with Gasteiger partial charge in [-0.3, -0.25) is 4.79 Å². The number of hydrogen-bond acceptors (Lipinski definition) is 3. The van der Waals surface area contributed by atoms with E-state index in [1.165, 1.54) is 18.1 Å². The molecule has 2 heterocycles. The second-order valence-electron chi connectivity index (χ2n) is 7.07. The third kappa shape index (κ3) is 2.96. The maximum absolute atomic E-state index is 12.7. The van der Waals surface area contributed by atoms with Crippen molar-refractivity contribution in [2.75, 3.05) is 13.0 Å². The largest absolute Gasteiger partial charge is 0.465 e. The Morgan fingerprint density at radius 3 is 2.57 bits per heavy atom. The van der Waals surface area contributed by atoms with Gasteiger partial charge in [0.05, 0.1) is 18.7 Å². The van der Waals surface area contributed by atoms with Gasteiger partial charge in [0.1, 0.15) is 5.88 Å². The van der Waals surface area contributed by atoms with E-state index in [-0.39, 0.29) is 29.8 Å². The van der Waals surface area contributed by atoms with Gasteiger partial charge in [-0.25, -0.2) is 4.79 Å². The van der Waals surface area contributed by atoms with Crippen molar-refractivity contribution in [2.24, 2.45) is 0 Å². The van der Waals surface area contributed by atoms with Crippen LogP contribution in [0.1, 0.15) is 40.1 Å². The average molecular weight is 397 g/mol. The molecule has 1 N–H and O–H groups in total. The van der Waals surface area contributed by atoms with Crippen LogP contribution in [0.5, 0.6) is 0 Å². The summed E-state index contributed by atoms with van der Waals surface area (Å²) in [6.45, 7) is 2.05. The van der Waals surface area contributed by atoms with Crippen LogP contribution in [0.4, 0.5) is 0 Å². The van der Waals surface area contributed by atoms with Crippen LogP contribution in [0.2, 0.25) is 0 Å². The summed E-state index contributed by atoms with van der Waals surface area (Å²) in [7, 11) is 1.36.